The predicted molar refractivity (Wildman–Crippen MR) is 108 cm³/mol. The van der Waals surface area contributed by atoms with Gasteiger partial charge in [-0.05, 0) is 23.8 Å². The van der Waals surface area contributed by atoms with Crippen LogP contribution in [0.5, 0.6) is 11.5 Å². The standard InChI is InChI=1S/C20H22ClN3O5/c1-28-19-12-17(24(26)27)6-7-18(19)29-14-20(25)23-10-8-22(9-11-23)13-15-2-4-16(21)5-3-15/h2-7,12H,8-11,13-14H2,1H3. The molecule has 2 aromatic carbocycles. The van der Waals surface area contributed by atoms with Crippen molar-refractivity contribution in [2.75, 3.05) is 39.9 Å². The van der Waals surface area contributed by atoms with Crippen molar-refractivity contribution >= 4 is 23.2 Å². The smallest absolute Gasteiger partial charge is 0.273 e. The third kappa shape index (κ3) is 5.58. The number of amides is 1. The van der Waals surface area contributed by atoms with Crippen molar-refractivity contribution in [3.63, 3.8) is 0 Å². The molecule has 0 N–H and O–H groups in total. The average molecular weight is 420 g/mol. The second-order valence-electron chi connectivity index (χ2n) is 6.66. The molecule has 1 fully saturated rings. The van der Waals surface area contributed by atoms with Crippen LogP contribution in [0.3, 0.4) is 0 Å². The van der Waals surface area contributed by atoms with E-state index in [1.165, 1.54) is 30.9 Å². The molecule has 0 atom stereocenters. The molecular weight excluding hydrogens is 398 g/mol. The number of ether oxygens (including phenoxy) is 2. The normalized spacial score (nSPS) is 14.5. The van der Waals surface area contributed by atoms with Crippen molar-refractivity contribution in [3.05, 3.63) is 63.2 Å². The Morgan fingerprint density at radius 3 is 2.41 bits per heavy atom. The zero-order valence-electron chi connectivity index (χ0n) is 16.0. The minimum absolute atomic E-state index is 0.0997. The lowest BCUT2D eigenvalue weighted by Crippen LogP contribution is -2.49. The topological polar surface area (TPSA) is 85.2 Å². The van der Waals surface area contributed by atoms with Crippen molar-refractivity contribution in [1.82, 2.24) is 9.80 Å². The Bertz CT molecular complexity index is 867. The quantitative estimate of drug-likeness (QED) is 0.506. The van der Waals surface area contributed by atoms with E-state index in [1.54, 1.807) is 4.90 Å². The Balaban J connectivity index is 1.48. The summed E-state index contributed by atoms with van der Waals surface area (Å²) in [6.45, 7) is 3.45. The molecule has 0 unspecified atom stereocenters. The summed E-state index contributed by atoms with van der Waals surface area (Å²) in [5.74, 6) is 0.393. The minimum Gasteiger partial charge on any atom is -0.493 e. The van der Waals surface area contributed by atoms with Crippen LogP contribution in [0.15, 0.2) is 42.5 Å². The SMILES string of the molecule is COc1cc([N+](=O)[O-])ccc1OCC(=O)N1CCN(Cc2ccc(Cl)cc2)CC1. The van der Waals surface area contributed by atoms with Gasteiger partial charge in [0.2, 0.25) is 0 Å². The number of piperazine rings is 1. The molecule has 0 aliphatic carbocycles. The number of hydrogen-bond acceptors (Lipinski definition) is 6. The predicted octanol–water partition coefficient (Wildman–Crippen LogP) is 2.98. The molecule has 0 aromatic heterocycles. The average Bonchev–Trinajstić information content (AvgIpc) is 2.74. The van der Waals surface area contributed by atoms with Crippen molar-refractivity contribution in [2.45, 2.75) is 6.54 Å². The van der Waals surface area contributed by atoms with E-state index in [1.807, 2.05) is 24.3 Å². The molecule has 1 amide bonds. The maximum absolute atomic E-state index is 12.5. The summed E-state index contributed by atoms with van der Waals surface area (Å²) in [5, 5.41) is 11.6. The maximum Gasteiger partial charge on any atom is 0.273 e. The van der Waals surface area contributed by atoms with E-state index >= 15 is 0 Å². The molecule has 8 nitrogen and oxygen atoms in total. The summed E-state index contributed by atoms with van der Waals surface area (Å²) in [5.41, 5.74) is 1.08. The molecule has 0 bridgehead atoms. The first-order valence-electron chi connectivity index (χ1n) is 9.16. The minimum atomic E-state index is -0.513. The van der Waals surface area contributed by atoms with Crippen LogP contribution < -0.4 is 9.47 Å². The van der Waals surface area contributed by atoms with Gasteiger partial charge in [0, 0.05) is 43.8 Å². The molecule has 0 spiro atoms. The summed E-state index contributed by atoms with van der Waals surface area (Å²) in [6, 6.07) is 11.8. The molecule has 0 saturated carbocycles. The fraction of sp³-hybridized carbons (Fsp3) is 0.350. The number of carbonyl (C=O) groups is 1. The molecule has 2 aromatic rings. The Hall–Kier alpha value is -2.84. The molecule has 1 aliphatic heterocycles. The monoisotopic (exact) mass is 419 g/mol. The fourth-order valence-electron chi connectivity index (χ4n) is 3.12. The number of halogens is 1. The molecule has 154 valence electrons. The highest BCUT2D eigenvalue weighted by atomic mass is 35.5. The Kier molecular flexibility index (Phi) is 6.90. The molecular formula is C20H22ClN3O5. The van der Waals surface area contributed by atoms with Crippen LogP contribution in [0.4, 0.5) is 5.69 Å². The van der Waals surface area contributed by atoms with Gasteiger partial charge in [-0.1, -0.05) is 23.7 Å². The van der Waals surface area contributed by atoms with E-state index in [9.17, 15) is 14.9 Å². The maximum atomic E-state index is 12.5. The lowest BCUT2D eigenvalue weighted by atomic mass is 10.2. The number of rotatable bonds is 7. The highest BCUT2D eigenvalue weighted by molar-refractivity contribution is 6.30. The van der Waals surface area contributed by atoms with E-state index in [0.717, 1.165) is 19.6 Å². The molecule has 0 radical (unpaired) electrons. The second-order valence-corrected chi connectivity index (χ2v) is 7.10. The van der Waals surface area contributed by atoms with Crippen molar-refractivity contribution < 1.29 is 19.2 Å². The Morgan fingerprint density at radius 1 is 1.10 bits per heavy atom. The van der Waals surface area contributed by atoms with E-state index in [4.69, 9.17) is 21.1 Å². The number of hydrogen-bond donors (Lipinski definition) is 0. The third-order valence-corrected chi connectivity index (χ3v) is 5.01. The van der Waals surface area contributed by atoms with Crippen molar-refractivity contribution in [3.8, 4) is 11.5 Å². The van der Waals surface area contributed by atoms with Crippen LogP contribution >= 0.6 is 11.6 Å². The number of nitro groups is 1. The van der Waals surface area contributed by atoms with Gasteiger partial charge in [0.15, 0.2) is 18.1 Å². The van der Waals surface area contributed by atoms with Crippen LogP contribution in [0.1, 0.15) is 5.56 Å². The largest absolute Gasteiger partial charge is 0.493 e. The zero-order chi connectivity index (χ0) is 20.8. The number of nitro benzene ring substituents is 1. The van der Waals surface area contributed by atoms with Crippen LogP contribution in [0, 0.1) is 10.1 Å². The lowest BCUT2D eigenvalue weighted by molar-refractivity contribution is -0.384. The van der Waals surface area contributed by atoms with Gasteiger partial charge in [0.1, 0.15) is 0 Å². The molecule has 29 heavy (non-hydrogen) atoms. The summed E-state index contributed by atoms with van der Waals surface area (Å²) in [4.78, 5) is 26.8. The molecule has 1 saturated heterocycles. The fourth-order valence-corrected chi connectivity index (χ4v) is 3.25. The Labute approximate surface area is 173 Å². The van der Waals surface area contributed by atoms with E-state index in [0.29, 0.717) is 23.9 Å². The van der Waals surface area contributed by atoms with Crippen LogP contribution in [0.25, 0.3) is 0 Å². The van der Waals surface area contributed by atoms with Gasteiger partial charge in [-0.15, -0.1) is 0 Å². The molecule has 1 aliphatic rings. The number of methoxy groups -OCH3 is 1. The first-order valence-corrected chi connectivity index (χ1v) is 9.54. The molecule has 9 heteroatoms. The van der Waals surface area contributed by atoms with Gasteiger partial charge in [0.05, 0.1) is 18.1 Å². The summed E-state index contributed by atoms with van der Waals surface area (Å²) >= 11 is 5.92. The van der Waals surface area contributed by atoms with Crippen LogP contribution in [-0.4, -0.2) is 60.5 Å². The van der Waals surface area contributed by atoms with E-state index in [2.05, 4.69) is 4.90 Å². The van der Waals surface area contributed by atoms with Gasteiger partial charge < -0.3 is 14.4 Å². The third-order valence-electron chi connectivity index (χ3n) is 4.75. The first-order chi connectivity index (χ1) is 14.0. The first kappa shape index (κ1) is 20.9. The zero-order valence-corrected chi connectivity index (χ0v) is 16.8. The Morgan fingerprint density at radius 2 is 1.79 bits per heavy atom. The van der Waals surface area contributed by atoms with Crippen LogP contribution in [0.2, 0.25) is 5.02 Å². The number of non-ortho nitro benzene ring substituents is 1. The second kappa shape index (κ2) is 9.58. The van der Waals surface area contributed by atoms with Crippen LogP contribution in [-0.2, 0) is 11.3 Å². The van der Waals surface area contributed by atoms with Crippen molar-refractivity contribution in [1.29, 1.82) is 0 Å². The highest BCUT2D eigenvalue weighted by Gasteiger charge is 2.22. The summed E-state index contributed by atoms with van der Waals surface area (Å²) < 4.78 is 10.7. The van der Waals surface area contributed by atoms with Gasteiger partial charge in [-0.3, -0.25) is 19.8 Å². The van der Waals surface area contributed by atoms with Gasteiger partial charge in [-0.25, -0.2) is 0 Å². The highest BCUT2D eigenvalue weighted by Crippen LogP contribution is 2.31. The van der Waals surface area contributed by atoms with Crippen molar-refractivity contribution in [2.24, 2.45) is 0 Å². The summed E-state index contributed by atoms with van der Waals surface area (Å²) in [7, 11) is 1.40. The molecule has 1 heterocycles. The lowest BCUT2D eigenvalue weighted by Gasteiger charge is -2.34. The number of benzene rings is 2. The van der Waals surface area contributed by atoms with Gasteiger partial charge in [-0.2, -0.15) is 0 Å². The van der Waals surface area contributed by atoms with E-state index in [-0.39, 0.29) is 24.0 Å². The van der Waals surface area contributed by atoms with Gasteiger partial charge >= 0.3 is 0 Å². The number of carbonyl (C=O) groups excluding carboxylic acids is 1. The molecule has 3 rings (SSSR count). The van der Waals surface area contributed by atoms with E-state index < -0.39 is 4.92 Å². The summed E-state index contributed by atoms with van der Waals surface area (Å²) in [6.07, 6.45) is 0. The van der Waals surface area contributed by atoms with Gasteiger partial charge in [0.25, 0.3) is 11.6 Å². The number of nitrogens with zero attached hydrogens (tertiary/aromatic N) is 3.